The van der Waals surface area contributed by atoms with Crippen LogP contribution in [-0.2, 0) is 9.59 Å². The summed E-state index contributed by atoms with van der Waals surface area (Å²) in [5.74, 6) is 0.265. The van der Waals surface area contributed by atoms with Gasteiger partial charge in [0, 0.05) is 53.1 Å². The lowest BCUT2D eigenvalue weighted by atomic mass is 10.2. The molecular weight excluding hydrogens is 242 g/mol. The van der Waals surface area contributed by atoms with E-state index in [1.165, 1.54) is 0 Å². The maximum absolute atomic E-state index is 11.7. The minimum Gasteiger partial charge on any atom is -0.349 e. The van der Waals surface area contributed by atoms with Crippen molar-refractivity contribution in [1.82, 2.24) is 15.1 Å². The molecule has 5 nitrogen and oxygen atoms in total. The molecule has 1 N–H and O–H groups in total. The van der Waals surface area contributed by atoms with Crippen LogP contribution in [0.1, 0.15) is 19.3 Å². The molecule has 0 aliphatic carbocycles. The number of hydrogen-bond acceptors (Lipinski definition) is 3. The van der Waals surface area contributed by atoms with E-state index in [1.807, 2.05) is 4.90 Å². The van der Waals surface area contributed by atoms with Crippen LogP contribution in [0, 0.1) is 0 Å². The van der Waals surface area contributed by atoms with Gasteiger partial charge in [0.2, 0.25) is 11.8 Å². The molecule has 0 aromatic rings. The third-order valence-corrected chi connectivity index (χ3v) is 2.75. The number of nitrogens with zero attached hydrogens (tertiary/aromatic N) is 2. The van der Waals surface area contributed by atoms with Crippen molar-refractivity contribution in [2.45, 2.75) is 19.3 Å². The molecule has 0 aromatic carbocycles. The van der Waals surface area contributed by atoms with Gasteiger partial charge in [0.05, 0.1) is 0 Å². The van der Waals surface area contributed by atoms with E-state index in [4.69, 9.17) is 0 Å². The van der Waals surface area contributed by atoms with E-state index in [0.29, 0.717) is 19.3 Å². The second kappa shape index (κ2) is 8.31. The van der Waals surface area contributed by atoms with Crippen LogP contribution < -0.4 is 5.32 Å². The number of hydrogen-bond donors (Lipinski definition) is 1. The van der Waals surface area contributed by atoms with Gasteiger partial charge in [0.1, 0.15) is 0 Å². The van der Waals surface area contributed by atoms with Crippen molar-refractivity contribution in [3.05, 3.63) is 0 Å². The largest absolute Gasteiger partial charge is 0.349 e. The van der Waals surface area contributed by atoms with Crippen LogP contribution >= 0.6 is 12.4 Å². The highest BCUT2D eigenvalue weighted by molar-refractivity contribution is 5.85. The number of carbonyl (C=O) groups is 2. The molecule has 1 fully saturated rings. The molecule has 1 heterocycles. The fraction of sp³-hybridized carbons (Fsp3) is 0.818. The molecule has 0 atom stereocenters. The first kappa shape index (κ1) is 16.2. The van der Waals surface area contributed by atoms with Gasteiger partial charge < -0.3 is 15.1 Å². The molecule has 100 valence electrons. The zero-order chi connectivity index (χ0) is 12.0. The summed E-state index contributed by atoms with van der Waals surface area (Å²) in [4.78, 5) is 26.5. The highest BCUT2D eigenvalue weighted by Crippen LogP contribution is 2.03. The van der Waals surface area contributed by atoms with Crippen molar-refractivity contribution < 1.29 is 9.59 Å². The molecule has 0 saturated carbocycles. The smallest absolute Gasteiger partial charge is 0.222 e. The summed E-state index contributed by atoms with van der Waals surface area (Å²) in [6.45, 7) is 3.34. The first-order valence-corrected chi connectivity index (χ1v) is 5.80. The maximum Gasteiger partial charge on any atom is 0.222 e. The number of halogens is 1. The molecule has 17 heavy (non-hydrogen) atoms. The summed E-state index contributed by atoms with van der Waals surface area (Å²) in [5.41, 5.74) is 0. The Bertz CT molecular complexity index is 253. The van der Waals surface area contributed by atoms with Crippen LogP contribution in [0.4, 0.5) is 0 Å². The van der Waals surface area contributed by atoms with Gasteiger partial charge in [-0.25, -0.2) is 0 Å². The normalized spacial score (nSPS) is 15.1. The lowest BCUT2D eigenvalue weighted by Crippen LogP contribution is -2.46. The van der Waals surface area contributed by atoms with E-state index in [2.05, 4.69) is 5.32 Å². The Morgan fingerprint density at radius 1 is 1.18 bits per heavy atom. The fourth-order valence-corrected chi connectivity index (χ4v) is 1.69. The Kier molecular flexibility index (Phi) is 7.91. The molecule has 0 spiro atoms. The van der Waals surface area contributed by atoms with E-state index in [0.717, 1.165) is 26.2 Å². The average Bonchev–Trinajstić information content (AvgIpc) is 2.29. The quantitative estimate of drug-likeness (QED) is 0.783. The summed E-state index contributed by atoms with van der Waals surface area (Å²) in [6.07, 6.45) is 1.60. The van der Waals surface area contributed by atoms with E-state index < -0.39 is 0 Å². The highest BCUT2D eigenvalue weighted by atomic mass is 35.5. The Hall–Kier alpha value is -0.810. The molecule has 0 unspecified atom stereocenters. The lowest BCUT2D eigenvalue weighted by Gasteiger charge is -2.27. The van der Waals surface area contributed by atoms with Crippen LogP contribution in [0.15, 0.2) is 0 Å². The molecule has 2 amide bonds. The zero-order valence-electron chi connectivity index (χ0n) is 10.6. The third-order valence-electron chi connectivity index (χ3n) is 2.75. The number of amides is 2. The average molecular weight is 264 g/mol. The summed E-state index contributed by atoms with van der Waals surface area (Å²) < 4.78 is 0. The molecule has 1 saturated heterocycles. The molecule has 1 aliphatic heterocycles. The van der Waals surface area contributed by atoms with Crippen molar-refractivity contribution in [1.29, 1.82) is 0 Å². The summed E-state index contributed by atoms with van der Waals surface area (Å²) in [6, 6.07) is 0. The van der Waals surface area contributed by atoms with Gasteiger partial charge in [0.15, 0.2) is 0 Å². The summed E-state index contributed by atoms with van der Waals surface area (Å²) in [7, 11) is 3.47. The van der Waals surface area contributed by atoms with E-state index >= 15 is 0 Å². The molecule has 0 radical (unpaired) electrons. The minimum atomic E-state index is 0. The van der Waals surface area contributed by atoms with Crippen molar-refractivity contribution in [3.8, 4) is 0 Å². The monoisotopic (exact) mass is 263 g/mol. The third kappa shape index (κ3) is 5.89. The van der Waals surface area contributed by atoms with Crippen molar-refractivity contribution in [2.24, 2.45) is 0 Å². The maximum atomic E-state index is 11.7. The Morgan fingerprint density at radius 3 is 2.29 bits per heavy atom. The van der Waals surface area contributed by atoms with Gasteiger partial charge >= 0.3 is 0 Å². The number of nitrogens with one attached hydrogen (secondary N) is 1. The number of carbonyl (C=O) groups excluding carboxylic acids is 2. The SMILES string of the molecule is CN(C)C(=O)CCCC(=O)N1CCNCC1.Cl. The number of piperazine rings is 1. The summed E-state index contributed by atoms with van der Waals surface area (Å²) in [5, 5.41) is 3.20. The molecule has 0 aromatic heterocycles. The molecular formula is C11H22ClN3O2. The predicted molar refractivity (Wildman–Crippen MR) is 69.2 cm³/mol. The predicted octanol–water partition coefficient (Wildman–Crippen LogP) is 0.0985. The van der Waals surface area contributed by atoms with Crippen molar-refractivity contribution in [2.75, 3.05) is 40.3 Å². The molecule has 6 heteroatoms. The van der Waals surface area contributed by atoms with Gasteiger partial charge in [0.25, 0.3) is 0 Å². The number of rotatable bonds is 4. The lowest BCUT2D eigenvalue weighted by molar-refractivity contribution is -0.132. The van der Waals surface area contributed by atoms with Crippen LogP contribution in [0.5, 0.6) is 0 Å². The Balaban J connectivity index is 0.00000256. The van der Waals surface area contributed by atoms with Crippen LogP contribution in [0.25, 0.3) is 0 Å². The van der Waals surface area contributed by atoms with Gasteiger partial charge in [-0.15, -0.1) is 12.4 Å². The van der Waals surface area contributed by atoms with E-state index in [1.54, 1.807) is 19.0 Å². The standard InChI is InChI=1S/C11H21N3O2.ClH/c1-13(2)10(15)4-3-5-11(16)14-8-6-12-7-9-14;/h12H,3-9H2,1-2H3;1H. The second-order valence-corrected chi connectivity index (χ2v) is 4.27. The van der Waals surface area contributed by atoms with E-state index in [-0.39, 0.29) is 24.2 Å². The molecule has 1 rings (SSSR count). The van der Waals surface area contributed by atoms with Crippen LogP contribution in [0.3, 0.4) is 0 Å². The van der Waals surface area contributed by atoms with Gasteiger partial charge in [-0.2, -0.15) is 0 Å². The van der Waals surface area contributed by atoms with Gasteiger partial charge in [-0.1, -0.05) is 0 Å². The highest BCUT2D eigenvalue weighted by Gasteiger charge is 2.16. The Morgan fingerprint density at radius 2 is 1.76 bits per heavy atom. The topological polar surface area (TPSA) is 52.7 Å². The Labute approximate surface area is 109 Å². The van der Waals surface area contributed by atoms with Gasteiger partial charge in [-0.05, 0) is 6.42 Å². The van der Waals surface area contributed by atoms with Crippen LogP contribution in [0.2, 0.25) is 0 Å². The van der Waals surface area contributed by atoms with E-state index in [9.17, 15) is 9.59 Å². The first-order chi connectivity index (χ1) is 7.61. The van der Waals surface area contributed by atoms with Gasteiger partial charge in [-0.3, -0.25) is 9.59 Å². The van der Waals surface area contributed by atoms with Crippen molar-refractivity contribution >= 4 is 24.2 Å². The van der Waals surface area contributed by atoms with Crippen molar-refractivity contribution in [3.63, 3.8) is 0 Å². The summed E-state index contributed by atoms with van der Waals surface area (Å²) >= 11 is 0. The van der Waals surface area contributed by atoms with Crippen LogP contribution in [-0.4, -0.2) is 61.9 Å². The zero-order valence-corrected chi connectivity index (χ0v) is 11.4. The minimum absolute atomic E-state index is 0. The second-order valence-electron chi connectivity index (χ2n) is 4.27. The fourth-order valence-electron chi connectivity index (χ4n) is 1.69. The molecule has 0 bridgehead atoms. The molecule has 1 aliphatic rings. The first-order valence-electron chi connectivity index (χ1n) is 5.80.